The first-order valence-corrected chi connectivity index (χ1v) is 9.81. The van der Waals surface area contributed by atoms with Crippen molar-refractivity contribution < 1.29 is 27.8 Å². The molecule has 4 rings (SSSR count). The van der Waals surface area contributed by atoms with E-state index < -0.39 is 34.4 Å². The van der Waals surface area contributed by atoms with Gasteiger partial charge in [-0.3, -0.25) is 4.79 Å². The van der Waals surface area contributed by atoms with Gasteiger partial charge in [-0.15, -0.1) is 12.4 Å². The maximum atomic E-state index is 15.3. The Morgan fingerprint density at radius 3 is 2.30 bits per heavy atom. The normalized spacial score (nSPS) is 14.3. The van der Waals surface area contributed by atoms with Gasteiger partial charge in [0.25, 0.3) is 0 Å². The number of likely N-dealkylation sites (N-methyl/N-ethyl adjacent to an activating group) is 1. The van der Waals surface area contributed by atoms with Crippen LogP contribution in [-0.2, 0) is 0 Å². The quantitative estimate of drug-likeness (QED) is 0.614. The molecule has 0 atom stereocenters. The maximum Gasteiger partial charge on any atom is 0.341 e. The molecular weight excluding hydrogens is 463 g/mol. The Morgan fingerprint density at radius 2 is 1.73 bits per heavy atom. The molecule has 0 saturated carbocycles. The number of halogens is 4. The Kier molecular flexibility index (Phi) is 6.89. The molecule has 1 N–H and O–H groups in total. The Labute approximate surface area is 193 Å². The van der Waals surface area contributed by atoms with E-state index >= 15 is 4.39 Å². The van der Waals surface area contributed by atoms with E-state index in [4.69, 9.17) is 4.74 Å². The number of ether oxygens (including phenoxy) is 1. The number of carboxylic acids is 1. The third-order valence-electron chi connectivity index (χ3n) is 5.59. The molecule has 2 heterocycles. The summed E-state index contributed by atoms with van der Waals surface area (Å²) in [5.41, 5.74) is -1.76. The topological polar surface area (TPSA) is 75.0 Å². The minimum Gasteiger partial charge on any atom is -0.492 e. The highest BCUT2D eigenvalue weighted by molar-refractivity contribution is 5.97. The van der Waals surface area contributed by atoms with Crippen molar-refractivity contribution in [1.29, 1.82) is 0 Å². The van der Waals surface area contributed by atoms with Crippen LogP contribution in [0.5, 0.6) is 5.75 Å². The van der Waals surface area contributed by atoms with Crippen molar-refractivity contribution in [3.05, 3.63) is 63.7 Å². The highest BCUT2D eigenvalue weighted by Crippen LogP contribution is 2.39. The molecule has 1 saturated heterocycles. The van der Waals surface area contributed by atoms with Gasteiger partial charge in [0, 0.05) is 38.4 Å². The highest BCUT2D eigenvalue weighted by Gasteiger charge is 2.28. The van der Waals surface area contributed by atoms with Crippen LogP contribution in [0.4, 0.5) is 18.9 Å². The van der Waals surface area contributed by atoms with Crippen molar-refractivity contribution in [3.63, 3.8) is 0 Å². The van der Waals surface area contributed by atoms with Gasteiger partial charge in [-0.05, 0) is 25.2 Å². The van der Waals surface area contributed by atoms with Crippen molar-refractivity contribution in [2.75, 3.05) is 45.2 Å². The van der Waals surface area contributed by atoms with Crippen LogP contribution in [-0.4, -0.2) is 60.9 Å². The molecule has 0 unspecified atom stereocenters. The number of fused-ring (bicyclic) bond motifs is 1. The van der Waals surface area contributed by atoms with Crippen molar-refractivity contribution in [2.45, 2.75) is 0 Å². The molecule has 11 heteroatoms. The van der Waals surface area contributed by atoms with E-state index in [2.05, 4.69) is 4.90 Å². The number of hydrogen-bond acceptors (Lipinski definition) is 5. The molecule has 1 aliphatic heterocycles. The monoisotopic (exact) mass is 483 g/mol. The van der Waals surface area contributed by atoms with Gasteiger partial charge in [0.2, 0.25) is 5.43 Å². The van der Waals surface area contributed by atoms with Crippen LogP contribution < -0.4 is 15.1 Å². The number of aromatic carboxylic acids is 1. The molecule has 7 nitrogen and oxygen atoms in total. The van der Waals surface area contributed by atoms with E-state index in [0.717, 1.165) is 29.0 Å². The van der Waals surface area contributed by atoms with Crippen LogP contribution in [0, 0.1) is 17.5 Å². The lowest BCUT2D eigenvalue weighted by molar-refractivity contribution is 0.0695. The zero-order valence-electron chi connectivity index (χ0n) is 17.8. The van der Waals surface area contributed by atoms with Gasteiger partial charge < -0.3 is 24.2 Å². The summed E-state index contributed by atoms with van der Waals surface area (Å²) in [5, 5.41) is 9.19. The first-order valence-electron chi connectivity index (χ1n) is 9.81. The largest absolute Gasteiger partial charge is 0.492 e. The molecular formula is C22H21ClF3N3O4. The summed E-state index contributed by atoms with van der Waals surface area (Å²) in [6.07, 6.45) is 0.942. The summed E-state index contributed by atoms with van der Waals surface area (Å²) in [6, 6.07) is 3.69. The number of nitrogens with zero attached hydrogens (tertiary/aromatic N) is 3. The number of rotatable bonds is 4. The fourth-order valence-electron chi connectivity index (χ4n) is 3.95. The number of aromatic nitrogens is 1. The minimum atomic E-state index is -1.56. The van der Waals surface area contributed by atoms with Crippen LogP contribution in [0.3, 0.4) is 0 Å². The third-order valence-corrected chi connectivity index (χ3v) is 5.59. The van der Waals surface area contributed by atoms with E-state index in [9.17, 15) is 23.5 Å². The van der Waals surface area contributed by atoms with Gasteiger partial charge in [-0.1, -0.05) is 0 Å². The van der Waals surface area contributed by atoms with Gasteiger partial charge in [-0.2, -0.15) is 0 Å². The summed E-state index contributed by atoms with van der Waals surface area (Å²) in [7, 11) is 3.22. The van der Waals surface area contributed by atoms with Gasteiger partial charge in [0.15, 0.2) is 11.6 Å². The van der Waals surface area contributed by atoms with E-state index in [-0.39, 0.29) is 40.4 Å². The average Bonchev–Trinajstić information content (AvgIpc) is 2.74. The summed E-state index contributed by atoms with van der Waals surface area (Å²) in [5.74, 6) is -4.17. The summed E-state index contributed by atoms with van der Waals surface area (Å²) < 4.78 is 50.1. The molecule has 33 heavy (non-hydrogen) atoms. The van der Waals surface area contributed by atoms with Gasteiger partial charge in [-0.25, -0.2) is 18.0 Å². The Balaban J connectivity index is 0.00000306. The lowest BCUT2D eigenvalue weighted by Crippen LogP contribution is -2.45. The number of carboxylic acid groups (broad SMARTS) is 1. The molecule has 0 amide bonds. The third kappa shape index (κ3) is 4.23. The summed E-state index contributed by atoms with van der Waals surface area (Å²) in [4.78, 5) is 28.4. The molecule has 0 bridgehead atoms. The number of hydrogen-bond donors (Lipinski definition) is 1. The van der Waals surface area contributed by atoms with Crippen LogP contribution in [0.1, 0.15) is 10.4 Å². The minimum absolute atomic E-state index is 0. The lowest BCUT2D eigenvalue weighted by Gasteiger charge is -2.35. The van der Waals surface area contributed by atoms with Crippen molar-refractivity contribution in [1.82, 2.24) is 9.47 Å². The van der Waals surface area contributed by atoms with E-state index in [0.29, 0.717) is 32.2 Å². The summed E-state index contributed by atoms with van der Waals surface area (Å²) >= 11 is 0. The highest BCUT2D eigenvalue weighted by atomic mass is 35.5. The smallest absolute Gasteiger partial charge is 0.341 e. The number of methoxy groups -OCH3 is 1. The second kappa shape index (κ2) is 9.32. The summed E-state index contributed by atoms with van der Waals surface area (Å²) in [6.45, 7) is 2.30. The SMILES string of the molecule is COc1c(N2CCN(C)CC2)c(F)cc2c(=O)c(C(=O)O)cn(-c3ccc(F)cc3F)c12.Cl. The predicted octanol–water partition coefficient (Wildman–Crippen LogP) is 3.29. The number of piperazine rings is 1. The maximum absolute atomic E-state index is 15.3. The second-order valence-electron chi connectivity index (χ2n) is 7.57. The fourth-order valence-corrected chi connectivity index (χ4v) is 3.95. The molecule has 0 aliphatic carbocycles. The van der Waals surface area contributed by atoms with E-state index in [1.807, 2.05) is 7.05 Å². The lowest BCUT2D eigenvalue weighted by atomic mass is 10.1. The Morgan fingerprint density at radius 1 is 1.06 bits per heavy atom. The van der Waals surface area contributed by atoms with Crippen molar-refractivity contribution in [2.24, 2.45) is 0 Å². The molecule has 0 spiro atoms. The van der Waals surface area contributed by atoms with E-state index in [1.165, 1.54) is 7.11 Å². The van der Waals surface area contributed by atoms with Crippen LogP contribution >= 0.6 is 12.4 Å². The predicted molar refractivity (Wildman–Crippen MR) is 120 cm³/mol. The van der Waals surface area contributed by atoms with Crippen LogP contribution in [0.15, 0.2) is 35.3 Å². The molecule has 1 fully saturated rings. The van der Waals surface area contributed by atoms with Gasteiger partial charge >= 0.3 is 5.97 Å². The number of anilines is 1. The fraction of sp³-hybridized carbons (Fsp3) is 0.273. The van der Waals surface area contributed by atoms with E-state index in [1.54, 1.807) is 4.90 Å². The van der Waals surface area contributed by atoms with Crippen LogP contribution in [0.2, 0.25) is 0 Å². The molecule has 2 aromatic carbocycles. The Bertz CT molecular complexity index is 1290. The first kappa shape index (κ1) is 24.4. The second-order valence-corrected chi connectivity index (χ2v) is 7.57. The molecule has 176 valence electrons. The zero-order chi connectivity index (χ0) is 23.2. The van der Waals surface area contributed by atoms with Crippen molar-refractivity contribution in [3.8, 4) is 11.4 Å². The Hall–Kier alpha value is -3.24. The van der Waals surface area contributed by atoms with Crippen LogP contribution in [0.25, 0.3) is 16.6 Å². The first-order chi connectivity index (χ1) is 15.2. The molecule has 1 aromatic heterocycles. The molecule has 0 radical (unpaired) electrons. The number of pyridine rings is 1. The number of carbonyl (C=O) groups is 1. The average molecular weight is 484 g/mol. The molecule has 3 aromatic rings. The zero-order valence-corrected chi connectivity index (χ0v) is 18.6. The molecule has 1 aliphatic rings. The van der Waals surface area contributed by atoms with Gasteiger partial charge in [0.05, 0.1) is 18.2 Å². The standard InChI is InChI=1S/C22H20F3N3O4.ClH/c1-26-5-7-27(8-6-26)19-16(25)10-13-18(21(19)32-2)28(11-14(20(13)29)22(30)31)17-4-3-12(23)9-15(17)24;/h3-4,9-11H,5-8H2,1-2H3,(H,30,31);1H. The van der Waals surface area contributed by atoms with Gasteiger partial charge in [0.1, 0.15) is 28.4 Å². The van der Waals surface area contributed by atoms with Crippen molar-refractivity contribution >= 4 is 35.0 Å². The number of benzene rings is 2.